The lowest BCUT2D eigenvalue weighted by molar-refractivity contribution is -0.126. The summed E-state index contributed by atoms with van der Waals surface area (Å²) in [6, 6.07) is 7.47. The number of carbonyl (C=O) groups is 2. The van der Waals surface area contributed by atoms with Gasteiger partial charge in [0.2, 0.25) is 5.91 Å². The lowest BCUT2D eigenvalue weighted by atomic mass is 9.95. The SMILES string of the molecule is O=C(NCC1CCCO1)C1CCN(C(=O)c2cccn2-c2cccnc2)CC1. The third-order valence-electron chi connectivity index (χ3n) is 5.57. The van der Waals surface area contributed by atoms with Crippen molar-refractivity contribution >= 4 is 11.8 Å². The normalized spacial score (nSPS) is 20.3. The molecule has 148 valence electrons. The average Bonchev–Trinajstić information content (AvgIpc) is 3.44. The summed E-state index contributed by atoms with van der Waals surface area (Å²) in [6.07, 6.45) is 8.95. The number of aromatic nitrogens is 2. The average molecular weight is 382 g/mol. The third-order valence-corrected chi connectivity index (χ3v) is 5.57. The second-order valence-corrected chi connectivity index (χ2v) is 7.42. The Morgan fingerprint density at radius 3 is 2.75 bits per heavy atom. The summed E-state index contributed by atoms with van der Waals surface area (Å²) in [7, 11) is 0. The molecule has 0 radical (unpaired) electrons. The fraction of sp³-hybridized carbons (Fsp3) is 0.476. The molecule has 7 nitrogen and oxygen atoms in total. The number of hydrogen-bond acceptors (Lipinski definition) is 4. The molecule has 7 heteroatoms. The van der Waals surface area contributed by atoms with Gasteiger partial charge in [-0.25, -0.2) is 0 Å². The predicted octanol–water partition coefficient (Wildman–Crippen LogP) is 2.02. The molecule has 0 aromatic carbocycles. The molecule has 0 saturated carbocycles. The number of hydrogen-bond donors (Lipinski definition) is 1. The van der Waals surface area contributed by atoms with Gasteiger partial charge in [-0.05, 0) is 49.9 Å². The molecule has 1 atom stereocenters. The minimum atomic E-state index is -0.0319. The van der Waals surface area contributed by atoms with Gasteiger partial charge in [-0.2, -0.15) is 0 Å². The molecular weight excluding hydrogens is 356 g/mol. The second kappa shape index (κ2) is 8.56. The van der Waals surface area contributed by atoms with Crippen molar-refractivity contribution in [1.29, 1.82) is 0 Å². The van der Waals surface area contributed by atoms with Crippen molar-refractivity contribution in [3.05, 3.63) is 48.5 Å². The molecule has 4 heterocycles. The van der Waals surface area contributed by atoms with Gasteiger partial charge >= 0.3 is 0 Å². The van der Waals surface area contributed by atoms with Crippen LogP contribution in [0.2, 0.25) is 0 Å². The van der Waals surface area contributed by atoms with Crippen molar-refractivity contribution in [2.24, 2.45) is 5.92 Å². The zero-order valence-corrected chi connectivity index (χ0v) is 15.9. The van der Waals surface area contributed by atoms with Gasteiger partial charge < -0.3 is 19.5 Å². The first-order valence-electron chi connectivity index (χ1n) is 9.99. The number of rotatable bonds is 5. The van der Waals surface area contributed by atoms with E-state index in [0.29, 0.717) is 38.2 Å². The van der Waals surface area contributed by atoms with Gasteiger partial charge in [-0.3, -0.25) is 14.6 Å². The van der Waals surface area contributed by atoms with Gasteiger partial charge in [0.25, 0.3) is 5.91 Å². The van der Waals surface area contributed by atoms with Crippen LogP contribution in [0.15, 0.2) is 42.9 Å². The highest BCUT2D eigenvalue weighted by molar-refractivity contribution is 5.93. The fourth-order valence-electron chi connectivity index (χ4n) is 3.95. The Kier molecular flexibility index (Phi) is 5.71. The Morgan fingerprint density at radius 2 is 2.04 bits per heavy atom. The summed E-state index contributed by atoms with van der Waals surface area (Å²) in [5, 5.41) is 3.02. The highest BCUT2D eigenvalue weighted by atomic mass is 16.5. The number of ether oxygens (including phenoxy) is 1. The standard InChI is InChI=1S/C21H26N4O3/c26-20(23-15-18-5-3-13-28-18)16-7-11-24(12-8-16)21(27)19-6-2-10-25(19)17-4-1-9-22-14-17/h1-2,4,6,9-10,14,16,18H,3,5,7-8,11-13,15H2,(H,23,26). The lowest BCUT2D eigenvalue weighted by Gasteiger charge is -2.31. The molecule has 2 aromatic heterocycles. The van der Waals surface area contributed by atoms with Crippen LogP contribution in [-0.4, -0.2) is 58.6 Å². The quantitative estimate of drug-likeness (QED) is 0.858. The maximum atomic E-state index is 13.0. The molecule has 2 aromatic rings. The van der Waals surface area contributed by atoms with Crippen LogP contribution in [0.5, 0.6) is 0 Å². The summed E-state index contributed by atoms with van der Waals surface area (Å²) in [5.41, 5.74) is 1.48. The van der Waals surface area contributed by atoms with Crippen LogP contribution >= 0.6 is 0 Å². The summed E-state index contributed by atoms with van der Waals surface area (Å²) in [6.45, 7) is 2.57. The topological polar surface area (TPSA) is 76.5 Å². The Balaban J connectivity index is 1.32. The molecule has 28 heavy (non-hydrogen) atoms. The Labute approximate surface area is 164 Å². The Morgan fingerprint density at radius 1 is 1.18 bits per heavy atom. The highest BCUT2D eigenvalue weighted by Crippen LogP contribution is 2.21. The zero-order valence-electron chi connectivity index (χ0n) is 15.9. The van der Waals surface area contributed by atoms with Crippen molar-refractivity contribution in [3.63, 3.8) is 0 Å². The van der Waals surface area contributed by atoms with Crippen LogP contribution in [0.1, 0.15) is 36.2 Å². The number of amides is 2. The van der Waals surface area contributed by atoms with Gasteiger partial charge in [0.1, 0.15) is 5.69 Å². The number of nitrogens with one attached hydrogen (secondary N) is 1. The predicted molar refractivity (Wildman–Crippen MR) is 104 cm³/mol. The van der Waals surface area contributed by atoms with Crippen molar-refractivity contribution in [2.45, 2.75) is 31.8 Å². The minimum absolute atomic E-state index is 0.00735. The van der Waals surface area contributed by atoms with E-state index in [-0.39, 0.29) is 23.8 Å². The number of piperidine rings is 1. The second-order valence-electron chi connectivity index (χ2n) is 7.42. The van der Waals surface area contributed by atoms with Crippen LogP contribution < -0.4 is 5.32 Å². The molecule has 0 spiro atoms. The van der Waals surface area contributed by atoms with Crippen LogP contribution in [0, 0.1) is 5.92 Å². The van der Waals surface area contributed by atoms with E-state index in [1.807, 2.05) is 39.9 Å². The van der Waals surface area contributed by atoms with E-state index in [4.69, 9.17) is 4.74 Å². The summed E-state index contributed by atoms with van der Waals surface area (Å²) >= 11 is 0. The summed E-state index contributed by atoms with van der Waals surface area (Å²) in [4.78, 5) is 31.4. The first-order chi connectivity index (χ1) is 13.7. The van der Waals surface area contributed by atoms with E-state index in [9.17, 15) is 9.59 Å². The van der Waals surface area contributed by atoms with Crippen molar-refractivity contribution in [3.8, 4) is 5.69 Å². The number of carbonyl (C=O) groups excluding carboxylic acids is 2. The molecule has 2 aliphatic heterocycles. The number of likely N-dealkylation sites (tertiary alicyclic amines) is 1. The Bertz CT molecular complexity index is 806. The van der Waals surface area contributed by atoms with Crippen LogP contribution in [-0.2, 0) is 9.53 Å². The number of pyridine rings is 1. The van der Waals surface area contributed by atoms with Crippen molar-refractivity contribution in [2.75, 3.05) is 26.2 Å². The molecule has 1 unspecified atom stereocenters. The van der Waals surface area contributed by atoms with Crippen molar-refractivity contribution in [1.82, 2.24) is 19.8 Å². The van der Waals surface area contributed by atoms with Crippen LogP contribution in [0.4, 0.5) is 0 Å². The molecular formula is C21H26N4O3. The number of nitrogens with zero attached hydrogens (tertiary/aromatic N) is 3. The molecule has 2 saturated heterocycles. The highest BCUT2D eigenvalue weighted by Gasteiger charge is 2.29. The van der Waals surface area contributed by atoms with Gasteiger partial charge in [-0.1, -0.05) is 0 Å². The third kappa shape index (κ3) is 4.09. The van der Waals surface area contributed by atoms with Crippen LogP contribution in [0.25, 0.3) is 5.69 Å². The van der Waals surface area contributed by atoms with Gasteiger partial charge in [0.05, 0.1) is 18.0 Å². The maximum absolute atomic E-state index is 13.0. The van der Waals surface area contributed by atoms with E-state index < -0.39 is 0 Å². The maximum Gasteiger partial charge on any atom is 0.270 e. The molecule has 0 bridgehead atoms. The zero-order chi connectivity index (χ0) is 19.3. The molecule has 0 aliphatic carbocycles. The van der Waals surface area contributed by atoms with E-state index >= 15 is 0 Å². The van der Waals surface area contributed by atoms with Gasteiger partial charge in [0, 0.05) is 44.6 Å². The van der Waals surface area contributed by atoms with Crippen LogP contribution in [0.3, 0.4) is 0 Å². The van der Waals surface area contributed by atoms with Crippen molar-refractivity contribution < 1.29 is 14.3 Å². The van der Waals surface area contributed by atoms with E-state index in [1.54, 1.807) is 12.4 Å². The van der Waals surface area contributed by atoms with Gasteiger partial charge in [-0.15, -0.1) is 0 Å². The molecule has 2 fully saturated rings. The first kappa shape index (κ1) is 18.7. The first-order valence-corrected chi connectivity index (χ1v) is 9.99. The molecule has 4 rings (SSSR count). The van der Waals surface area contributed by atoms with E-state index in [1.165, 1.54) is 0 Å². The van der Waals surface area contributed by atoms with Gasteiger partial charge in [0.15, 0.2) is 0 Å². The largest absolute Gasteiger partial charge is 0.376 e. The summed E-state index contributed by atoms with van der Waals surface area (Å²) < 4.78 is 7.41. The molecule has 2 aliphatic rings. The van der Waals surface area contributed by atoms with E-state index in [0.717, 1.165) is 25.1 Å². The fourth-order valence-corrected chi connectivity index (χ4v) is 3.95. The van der Waals surface area contributed by atoms with E-state index in [2.05, 4.69) is 10.3 Å². The minimum Gasteiger partial charge on any atom is -0.376 e. The smallest absolute Gasteiger partial charge is 0.270 e. The monoisotopic (exact) mass is 382 g/mol. The lowest BCUT2D eigenvalue weighted by Crippen LogP contribution is -2.44. The molecule has 1 N–H and O–H groups in total. The molecule has 2 amide bonds. The summed E-state index contributed by atoms with van der Waals surface area (Å²) in [5.74, 6) is 0.0453. The Hall–Kier alpha value is -2.67.